The van der Waals surface area contributed by atoms with Crippen LogP contribution in [0.1, 0.15) is 19.8 Å². The van der Waals surface area contributed by atoms with Gasteiger partial charge < -0.3 is 60.3 Å². The molecule has 2 unspecified atom stereocenters. The van der Waals surface area contributed by atoms with E-state index in [2.05, 4.69) is 0 Å². The molecule has 0 heterocycles. The van der Waals surface area contributed by atoms with Crippen LogP contribution in [0.25, 0.3) is 0 Å². The van der Waals surface area contributed by atoms with Crippen molar-refractivity contribution in [1.82, 2.24) is 0 Å². The fourth-order valence-electron chi connectivity index (χ4n) is 1.22. The first-order valence-electron chi connectivity index (χ1n) is 7.69. The van der Waals surface area contributed by atoms with Crippen LogP contribution in [0, 0.1) is 0 Å². The monoisotopic (exact) mass is 552 g/mol. The predicted octanol–water partition coefficient (Wildman–Crippen LogP) is -15.2. The first-order chi connectivity index (χ1) is 14.0. The summed E-state index contributed by atoms with van der Waals surface area (Å²) >= 11 is 0. The second-order valence-electron chi connectivity index (χ2n) is 5.21. The number of allylic oxidation sites excluding steroid dienone is 3. The van der Waals surface area contributed by atoms with Gasteiger partial charge in [-0.05, 0) is 13.0 Å². The van der Waals surface area contributed by atoms with Crippen LogP contribution in [0.2, 0.25) is 0 Å². The second-order valence-corrected chi connectivity index (χ2v) is 5.21. The number of aliphatic hydroxyl groups excluding tert-OH is 2. The standard InChI is InChI=1S/C6H8O7.C6H8O2.C4H6O6.2K.Na/c7-3(8)1-6(13,5(11)12)2-4(9)10;1-2-3-4-5-6(7)8;5-1(3(7)8)2(6)4(9)10;;;/h13H,1-2H2,(H,7,8)(H,9,10)(H,11,12);2-5H,1H3,(H,7,8);1-2,5-6H,(H,7,8)(H,9,10);;;/q;;;3*+1/p-3/b;3-2+,5-4+;;;;. The molecule has 0 aromatic rings. The average molecular weight is 552 g/mol. The quantitative estimate of drug-likeness (QED) is 0.0832. The Morgan fingerprint density at radius 3 is 1.29 bits per heavy atom. The Labute approximate surface area is 299 Å². The van der Waals surface area contributed by atoms with E-state index in [1.165, 1.54) is 6.08 Å². The van der Waals surface area contributed by atoms with Crippen LogP contribution in [0.3, 0.4) is 0 Å². The molecule has 0 spiro atoms. The van der Waals surface area contributed by atoms with Gasteiger partial charge in [0.05, 0.1) is 30.7 Å². The molecule has 0 rings (SSSR count). The van der Waals surface area contributed by atoms with E-state index >= 15 is 0 Å². The SMILES string of the molecule is C/C=C/C=C/C(=O)[O-].O=C(O)CC(O)(CC(=O)O)C(=O)O.O=C([O-])C(O)C(O)C(=O)[O-].[K+].[K+].[Na+]. The van der Waals surface area contributed by atoms with Gasteiger partial charge in [0.15, 0.2) is 5.60 Å². The maximum absolute atomic E-state index is 10.3. The van der Waals surface area contributed by atoms with Crippen LogP contribution in [0.5, 0.6) is 0 Å². The molecule has 0 aliphatic heterocycles. The van der Waals surface area contributed by atoms with Gasteiger partial charge in [0, 0.05) is 0 Å². The van der Waals surface area contributed by atoms with E-state index in [0.29, 0.717) is 0 Å². The Kier molecular flexibility index (Phi) is 37.1. The van der Waals surface area contributed by atoms with Crippen molar-refractivity contribution in [3.05, 3.63) is 24.3 Å². The minimum absolute atomic E-state index is 0. The molecule has 34 heavy (non-hydrogen) atoms. The predicted molar refractivity (Wildman–Crippen MR) is 88.1 cm³/mol. The number of aliphatic hydroxyl groups is 3. The molecule has 2 atom stereocenters. The molecule has 15 nitrogen and oxygen atoms in total. The second kappa shape index (κ2) is 26.5. The topological polar surface area (TPSA) is 293 Å². The minimum Gasteiger partial charge on any atom is -0.547 e. The number of carbonyl (C=O) groups is 6. The Hall–Kier alpha value is 0.453. The van der Waals surface area contributed by atoms with E-state index in [4.69, 9.17) is 30.6 Å². The summed E-state index contributed by atoms with van der Waals surface area (Å²) in [6.07, 6.45) is -1.43. The molecule has 0 amide bonds. The van der Waals surface area contributed by atoms with Gasteiger partial charge in [-0.25, -0.2) is 4.79 Å². The summed E-state index contributed by atoms with van der Waals surface area (Å²) in [7, 11) is 0. The van der Waals surface area contributed by atoms with Crippen molar-refractivity contribution in [3.8, 4) is 0 Å². The van der Waals surface area contributed by atoms with Gasteiger partial charge in [0.25, 0.3) is 0 Å². The maximum atomic E-state index is 10.3. The van der Waals surface area contributed by atoms with Crippen molar-refractivity contribution in [1.29, 1.82) is 0 Å². The first-order valence-corrected chi connectivity index (χ1v) is 7.69. The fourth-order valence-corrected chi connectivity index (χ4v) is 1.22. The molecule has 0 aliphatic rings. The largest absolute Gasteiger partial charge is 1.00 e. The van der Waals surface area contributed by atoms with Crippen molar-refractivity contribution in [3.63, 3.8) is 0 Å². The van der Waals surface area contributed by atoms with Crippen LogP contribution >= 0.6 is 0 Å². The molecule has 0 aromatic carbocycles. The summed E-state index contributed by atoms with van der Waals surface area (Å²) in [5, 5.41) is 79.2. The third-order valence-electron chi connectivity index (χ3n) is 2.60. The smallest absolute Gasteiger partial charge is 0.547 e. The van der Waals surface area contributed by atoms with Crippen molar-refractivity contribution in [2.24, 2.45) is 0 Å². The fraction of sp³-hybridized carbons (Fsp3) is 0.375. The van der Waals surface area contributed by atoms with E-state index in [9.17, 15) is 44.1 Å². The maximum Gasteiger partial charge on any atom is 1.00 e. The molecule has 0 saturated heterocycles. The number of hydrogen-bond donors (Lipinski definition) is 6. The first kappa shape index (κ1) is 47.6. The zero-order valence-corrected chi connectivity index (χ0v) is 27.0. The molecule has 0 aromatic heterocycles. The van der Waals surface area contributed by atoms with E-state index in [1.54, 1.807) is 19.1 Å². The third-order valence-corrected chi connectivity index (χ3v) is 2.60. The number of carbonyl (C=O) groups excluding carboxylic acids is 3. The summed E-state index contributed by atoms with van der Waals surface area (Å²) in [6, 6.07) is 0. The number of hydrogen-bond acceptors (Lipinski definition) is 12. The molecule has 176 valence electrons. The molecule has 0 fully saturated rings. The Balaban J connectivity index is -0.0000000851. The number of rotatable bonds is 10. The zero-order valence-electron chi connectivity index (χ0n) is 18.7. The van der Waals surface area contributed by atoms with E-state index in [1.807, 2.05) is 0 Å². The number of carboxylic acid groups (broad SMARTS) is 6. The molecule has 0 radical (unpaired) electrons. The zero-order chi connectivity index (χ0) is 25.4. The van der Waals surface area contributed by atoms with Crippen molar-refractivity contribution >= 4 is 35.8 Å². The van der Waals surface area contributed by atoms with Gasteiger partial charge in [-0.3, -0.25) is 9.59 Å². The van der Waals surface area contributed by atoms with Crippen LogP contribution in [0.4, 0.5) is 0 Å². The number of carboxylic acids is 6. The van der Waals surface area contributed by atoms with E-state index in [0.717, 1.165) is 6.08 Å². The molecule has 0 bridgehead atoms. The summed E-state index contributed by atoms with van der Waals surface area (Å²) in [4.78, 5) is 59.4. The Bertz CT molecular complexity index is 689. The van der Waals surface area contributed by atoms with Gasteiger partial charge in [0.1, 0.15) is 12.2 Å². The summed E-state index contributed by atoms with van der Waals surface area (Å²) in [6.45, 7) is 1.81. The number of aliphatic carboxylic acids is 6. The van der Waals surface area contributed by atoms with Crippen LogP contribution in [0.15, 0.2) is 24.3 Å². The summed E-state index contributed by atoms with van der Waals surface area (Å²) in [5.74, 6) is -10.3. The third kappa shape index (κ3) is 28.7. The average Bonchev–Trinajstić information content (AvgIpc) is 2.59. The molecular weight excluding hydrogens is 533 g/mol. The Morgan fingerprint density at radius 2 is 1.12 bits per heavy atom. The van der Waals surface area contributed by atoms with Crippen molar-refractivity contribution in [2.45, 2.75) is 37.6 Å². The molecule has 0 aliphatic carbocycles. The van der Waals surface area contributed by atoms with Gasteiger partial charge >= 0.3 is 150 Å². The summed E-state index contributed by atoms with van der Waals surface area (Å²) < 4.78 is 0. The molecule has 6 N–H and O–H groups in total. The molecule has 0 saturated carbocycles. The van der Waals surface area contributed by atoms with Crippen molar-refractivity contribution < 1.29 is 207 Å². The Morgan fingerprint density at radius 1 is 0.794 bits per heavy atom. The van der Waals surface area contributed by atoms with Crippen LogP contribution in [-0.2, 0) is 28.8 Å². The van der Waals surface area contributed by atoms with Gasteiger partial charge in [-0.1, -0.05) is 18.2 Å². The van der Waals surface area contributed by atoms with Crippen LogP contribution in [-0.4, -0.2) is 84.3 Å². The van der Waals surface area contributed by atoms with Gasteiger partial charge in [-0.15, -0.1) is 0 Å². The normalized spacial score (nSPS) is 11.4. The van der Waals surface area contributed by atoms with Gasteiger partial charge in [0.2, 0.25) is 0 Å². The summed E-state index contributed by atoms with van der Waals surface area (Å²) in [5.41, 5.74) is -2.74. The minimum atomic E-state index is -2.74. The van der Waals surface area contributed by atoms with E-state index in [-0.39, 0.29) is 132 Å². The molecule has 18 heteroatoms. The molecular formula is C16H19K2NaO15. The van der Waals surface area contributed by atoms with Crippen molar-refractivity contribution in [2.75, 3.05) is 0 Å². The van der Waals surface area contributed by atoms with E-state index < -0.39 is 66.5 Å². The van der Waals surface area contributed by atoms with Crippen LogP contribution < -0.4 is 148 Å². The van der Waals surface area contributed by atoms with Gasteiger partial charge in [-0.2, -0.15) is 0 Å².